The minimum absolute atomic E-state index is 0.0464. The second kappa shape index (κ2) is 4.30. The minimum Gasteiger partial charge on any atom is -0.352 e. The van der Waals surface area contributed by atoms with Gasteiger partial charge < -0.3 is 10.6 Å². The van der Waals surface area contributed by atoms with Crippen LogP contribution in [0, 0.1) is 0 Å². The monoisotopic (exact) mass is 232 g/mol. The molecule has 4 heteroatoms. The summed E-state index contributed by atoms with van der Waals surface area (Å²) in [5, 5.41) is 6.54. The van der Waals surface area contributed by atoms with Gasteiger partial charge >= 0.3 is 0 Å². The van der Waals surface area contributed by atoms with Gasteiger partial charge in [0.15, 0.2) is 0 Å². The first-order valence-electron chi connectivity index (χ1n) is 5.39. The maximum absolute atomic E-state index is 11.2. The van der Waals surface area contributed by atoms with Crippen molar-refractivity contribution in [1.29, 1.82) is 0 Å². The first-order valence-corrected chi connectivity index (χ1v) is 5.92. The highest BCUT2D eigenvalue weighted by molar-refractivity contribution is 6.27. The van der Waals surface area contributed by atoms with Crippen molar-refractivity contribution in [2.75, 3.05) is 5.88 Å². The average molecular weight is 233 g/mol. The molecule has 0 unspecified atom stereocenters. The van der Waals surface area contributed by atoms with E-state index in [0.29, 0.717) is 0 Å². The molecule has 1 fully saturated rings. The molecule has 1 heterocycles. The van der Waals surface area contributed by atoms with Gasteiger partial charge in [0.1, 0.15) is 5.88 Å². The van der Waals surface area contributed by atoms with Crippen LogP contribution in [0.15, 0.2) is 0 Å². The van der Waals surface area contributed by atoms with Crippen LogP contribution >= 0.6 is 11.6 Å². The molecule has 3 nitrogen and oxygen atoms in total. The van der Waals surface area contributed by atoms with Crippen molar-refractivity contribution < 1.29 is 4.79 Å². The molecule has 1 aliphatic rings. The normalized spacial score (nSPS) is 24.9. The van der Waals surface area contributed by atoms with Crippen LogP contribution in [0.2, 0.25) is 0 Å². The Kier molecular flexibility index (Phi) is 3.67. The third kappa shape index (κ3) is 3.99. The van der Waals surface area contributed by atoms with E-state index in [-0.39, 0.29) is 28.9 Å². The molecule has 0 bridgehead atoms. The van der Waals surface area contributed by atoms with Crippen molar-refractivity contribution in [3.8, 4) is 0 Å². The summed E-state index contributed by atoms with van der Waals surface area (Å²) in [6.45, 7) is 8.64. The molecule has 0 aliphatic carbocycles. The van der Waals surface area contributed by atoms with Gasteiger partial charge in [0, 0.05) is 17.1 Å². The summed E-state index contributed by atoms with van der Waals surface area (Å²) >= 11 is 5.49. The zero-order valence-corrected chi connectivity index (χ0v) is 10.7. The third-order valence-electron chi connectivity index (χ3n) is 2.68. The Balaban J connectivity index is 2.63. The van der Waals surface area contributed by atoms with Gasteiger partial charge in [-0.25, -0.2) is 0 Å². The van der Waals surface area contributed by atoms with E-state index in [1.165, 1.54) is 0 Å². The molecule has 0 saturated carbocycles. The standard InChI is InChI=1S/C11H21ClN2O/c1-10(2)5-8(13-9(15)7-12)6-11(3,4)14-10/h8,14H,5-7H2,1-4H3,(H,13,15). The Bertz CT molecular complexity index is 235. The predicted molar refractivity (Wildman–Crippen MR) is 63.2 cm³/mol. The molecule has 15 heavy (non-hydrogen) atoms. The SMILES string of the molecule is CC1(C)CC(NC(=O)CCl)CC(C)(C)N1. The van der Waals surface area contributed by atoms with Gasteiger partial charge in [0.05, 0.1) is 0 Å². The quantitative estimate of drug-likeness (QED) is 0.711. The summed E-state index contributed by atoms with van der Waals surface area (Å²) in [4.78, 5) is 11.2. The Morgan fingerprint density at radius 3 is 2.20 bits per heavy atom. The molecule has 0 atom stereocenters. The first kappa shape index (κ1) is 12.8. The van der Waals surface area contributed by atoms with E-state index < -0.39 is 0 Å². The summed E-state index contributed by atoms with van der Waals surface area (Å²) in [5.41, 5.74) is 0.123. The highest BCUT2D eigenvalue weighted by atomic mass is 35.5. The van der Waals surface area contributed by atoms with E-state index in [1.807, 2.05) is 0 Å². The smallest absolute Gasteiger partial charge is 0.235 e. The summed E-state index contributed by atoms with van der Waals surface area (Å²) in [6.07, 6.45) is 1.89. The summed E-state index contributed by atoms with van der Waals surface area (Å²) in [5.74, 6) is -0.0275. The van der Waals surface area contributed by atoms with Crippen LogP contribution in [0.4, 0.5) is 0 Å². The Morgan fingerprint density at radius 1 is 1.33 bits per heavy atom. The molecule has 88 valence electrons. The number of amides is 1. The molecule has 0 aromatic carbocycles. The largest absolute Gasteiger partial charge is 0.352 e. The van der Waals surface area contributed by atoms with Crippen molar-refractivity contribution >= 4 is 17.5 Å². The lowest BCUT2D eigenvalue weighted by Crippen LogP contribution is -2.62. The Labute approximate surface area is 96.9 Å². The number of halogens is 1. The number of hydrogen-bond donors (Lipinski definition) is 2. The van der Waals surface area contributed by atoms with Crippen LogP contribution in [0.5, 0.6) is 0 Å². The fourth-order valence-electron chi connectivity index (χ4n) is 2.69. The fourth-order valence-corrected chi connectivity index (χ4v) is 2.77. The Hall–Kier alpha value is -0.280. The van der Waals surface area contributed by atoms with Crippen LogP contribution in [0.25, 0.3) is 0 Å². The molecule has 0 radical (unpaired) electrons. The van der Waals surface area contributed by atoms with Crippen LogP contribution in [0.1, 0.15) is 40.5 Å². The van der Waals surface area contributed by atoms with E-state index in [9.17, 15) is 4.79 Å². The first-order chi connectivity index (χ1) is 6.74. The van der Waals surface area contributed by atoms with Crippen molar-refractivity contribution in [2.24, 2.45) is 0 Å². The minimum atomic E-state index is -0.0739. The zero-order valence-electron chi connectivity index (χ0n) is 9.98. The van der Waals surface area contributed by atoms with Gasteiger partial charge in [-0.15, -0.1) is 11.6 Å². The lowest BCUT2D eigenvalue weighted by Gasteiger charge is -2.46. The third-order valence-corrected chi connectivity index (χ3v) is 2.92. The highest BCUT2D eigenvalue weighted by Gasteiger charge is 2.37. The second-order valence-electron chi connectivity index (χ2n) is 5.70. The van der Waals surface area contributed by atoms with Crippen LogP contribution in [0.3, 0.4) is 0 Å². The van der Waals surface area contributed by atoms with E-state index in [1.54, 1.807) is 0 Å². The molecule has 0 spiro atoms. The van der Waals surface area contributed by atoms with E-state index in [2.05, 4.69) is 38.3 Å². The zero-order chi connectivity index (χ0) is 11.7. The predicted octanol–water partition coefficient (Wildman–Crippen LogP) is 1.65. The lowest BCUT2D eigenvalue weighted by atomic mass is 9.79. The highest BCUT2D eigenvalue weighted by Crippen LogP contribution is 2.28. The average Bonchev–Trinajstić information content (AvgIpc) is 1.97. The number of hydrogen-bond acceptors (Lipinski definition) is 2. The molecular formula is C11H21ClN2O. The molecule has 1 saturated heterocycles. The van der Waals surface area contributed by atoms with Crippen LogP contribution in [-0.4, -0.2) is 28.9 Å². The molecule has 1 amide bonds. The molecule has 0 aromatic heterocycles. The second-order valence-corrected chi connectivity index (χ2v) is 5.97. The number of carbonyl (C=O) groups excluding carboxylic acids is 1. The molecule has 0 aromatic rings. The summed E-state index contributed by atoms with van der Waals surface area (Å²) in [7, 11) is 0. The van der Waals surface area contributed by atoms with Gasteiger partial charge in [0.25, 0.3) is 0 Å². The van der Waals surface area contributed by atoms with Gasteiger partial charge in [-0.3, -0.25) is 4.79 Å². The fraction of sp³-hybridized carbons (Fsp3) is 0.909. The van der Waals surface area contributed by atoms with E-state index in [4.69, 9.17) is 11.6 Å². The number of carbonyl (C=O) groups is 1. The molecule has 1 aliphatic heterocycles. The Morgan fingerprint density at radius 2 is 1.80 bits per heavy atom. The van der Waals surface area contributed by atoms with Gasteiger partial charge in [0.2, 0.25) is 5.91 Å². The summed E-state index contributed by atoms with van der Waals surface area (Å²) in [6, 6.07) is 0.225. The van der Waals surface area contributed by atoms with Gasteiger partial charge in [-0.2, -0.15) is 0 Å². The van der Waals surface area contributed by atoms with Gasteiger partial charge in [-0.05, 0) is 40.5 Å². The lowest BCUT2D eigenvalue weighted by molar-refractivity contribution is -0.119. The maximum atomic E-state index is 11.2. The van der Waals surface area contributed by atoms with Gasteiger partial charge in [-0.1, -0.05) is 0 Å². The van der Waals surface area contributed by atoms with Crippen molar-refractivity contribution in [3.63, 3.8) is 0 Å². The van der Waals surface area contributed by atoms with E-state index >= 15 is 0 Å². The van der Waals surface area contributed by atoms with Crippen LogP contribution < -0.4 is 10.6 Å². The molecular weight excluding hydrogens is 212 g/mol. The number of piperidine rings is 1. The number of alkyl halides is 1. The van der Waals surface area contributed by atoms with Crippen molar-refractivity contribution in [1.82, 2.24) is 10.6 Å². The van der Waals surface area contributed by atoms with Crippen molar-refractivity contribution in [3.05, 3.63) is 0 Å². The molecule has 1 rings (SSSR count). The number of nitrogens with one attached hydrogen (secondary N) is 2. The number of rotatable bonds is 2. The summed E-state index contributed by atoms with van der Waals surface area (Å²) < 4.78 is 0. The molecule has 2 N–H and O–H groups in total. The van der Waals surface area contributed by atoms with E-state index in [0.717, 1.165) is 12.8 Å². The van der Waals surface area contributed by atoms with Crippen LogP contribution in [-0.2, 0) is 4.79 Å². The van der Waals surface area contributed by atoms with Crippen molar-refractivity contribution in [2.45, 2.75) is 57.7 Å². The maximum Gasteiger partial charge on any atom is 0.235 e. The topological polar surface area (TPSA) is 41.1 Å².